The van der Waals surface area contributed by atoms with Crippen LogP contribution in [0.4, 0.5) is 11.4 Å². The highest BCUT2D eigenvalue weighted by Gasteiger charge is 2.29. The van der Waals surface area contributed by atoms with Crippen molar-refractivity contribution in [2.24, 2.45) is 0 Å². The largest absolute Gasteiger partial charge is 0.487 e. The van der Waals surface area contributed by atoms with Crippen molar-refractivity contribution in [1.82, 2.24) is 9.88 Å². The van der Waals surface area contributed by atoms with Gasteiger partial charge >= 0.3 is 5.69 Å². The van der Waals surface area contributed by atoms with Gasteiger partial charge in [-0.25, -0.2) is 4.98 Å². The van der Waals surface area contributed by atoms with Crippen molar-refractivity contribution in [2.45, 2.75) is 19.9 Å². The molecule has 1 aliphatic rings. The van der Waals surface area contributed by atoms with Gasteiger partial charge in [-0.1, -0.05) is 6.07 Å². The van der Waals surface area contributed by atoms with Crippen molar-refractivity contribution in [3.63, 3.8) is 0 Å². The van der Waals surface area contributed by atoms with Crippen LogP contribution in [0, 0.1) is 10.1 Å². The lowest BCUT2D eigenvalue weighted by Gasteiger charge is -2.38. The van der Waals surface area contributed by atoms with E-state index in [0.717, 1.165) is 31.2 Å². The molecule has 1 atom stereocenters. The molecule has 3 rings (SSSR count). The fourth-order valence-electron chi connectivity index (χ4n) is 3.17. The Bertz CT molecular complexity index is 715. The number of para-hydroxylation sites is 1. The number of nitrogens with zero attached hydrogens (tertiary/aromatic N) is 4. The summed E-state index contributed by atoms with van der Waals surface area (Å²) >= 11 is 1.66. The van der Waals surface area contributed by atoms with E-state index < -0.39 is 0 Å². The van der Waals surface area contributed by atoms with Crippen LogP contribution in [0.25, 0.3) is 0 Å². The zero-order chi connectivity index (χ0) is 17.8. The minimum atomic E-state index is -0.342. The highest BCUT2D eigenvalue weighted by atomic mass is 32.1. The van der Waals surface area contributed by atoms with Gasteiger partial charge in [-0.3, -0.25) is 15.0 Å². The van der Waals surface area contributed by atoms with Crippen molar-refractivity contribution in [1.29, 1.82) is 0 Å². The summed E-state index contributed by atoms with van der Waals surface area (Å²) in [6.07, 6.45) is 1.83. The number of ether oxygens (including phenoxy) is 1. The van der Waals surface area contributed by atoms with Gasteiger partial charge in [0.05, 0.1) is 17.6 Å². The molecule has 7 nitrogen and oxygen atoms in total. The molecular formula is C17H22N4O3S. The van der Waals surface area contributed by atoms with E-state index in [2.05, 4.69) is 21.7 Å². The number of rotatable bonds is 6. The molecule has 0 amide bonds. The van der Waals surface area contributed by atoms with Crippen molar-refractivity contribution >= 4 is 22.7 Å². The molecule has 2 aromatic rings. The van der Waals surface area contributed by atoms with Gasteiger partial charge in [-0.2, -0.15) is 0 Å². The highest BCUT2D eigenvalue weighted by molar-refractivity contribution is 7.09. The number of hydrogen-bond donors (Lipinski definition) is 0. The number of hydrogen-bond acceptors (Lipinski definition) is 7. The number of aromatic nitrogens is 1. The van der Waals surface area contributed by atoms with Crippen LogP contribution in [0.1, 0.15) is 24.9 Å². The Labute approximate surface area is 151 Å². The maximum Gasteiger partial charge on any atom is 0.333 e. The average Bonchev–Trinajstić information content (AvgIpc) is 3.16. The van der Waals surface area contributed by atoms with Gasteiger partial charge in [0.2, 0.25) is 0 Å². The average molecular weight is 362 g/mol. The Morgan fingerprint density at radius 3 is 2.72 bits per heavy atom. The van der Waals surface area contributed by atoms with E-state index in [1.54, 1.807) is 23.5 Å². The van der Waals surface area contributed by atoms with Gasteiger partial charge in [0, 0.05) is 37.8 Å². The highest BCUT2D eigenvalue weighted by Crippen LogP contribution is 2.38. The molecule has 1 aromatic carbocycles. The maximum absolute atomic E-state index is 11.6. The smallest absolute Gasteiger partial charge is 0.333 e. The third-order valence-corrected chi connectivity index (χ3v) is 5.42. The summed E-state index contributed by atoms with van der Waals surface area (Å²) in [6, 6.07) is 5.55. The molecule has 134 valence electrons. The van der Waals surface area contributed by atoms with Gasteiger partial charge in [0.25, 0.3) is 0 Å². The van der Waals surface area contributed by atoms with Crippen LogP contribution in [0.2, 0.25) is 0 Å². The quantitative estimate of drug-likeness (QED) is 0.580. The first-order valence-electron chi connectivity index (χ1n) is 8.40. The second-order valence-corrected chi connectivity index (χ2v) is 6.81. The molecule has 0 saturated carbocycles. The number of benzene rings is 1. The van der Waals surface area contributed by atoms with Gasteiger partial charge in [-0.15, -0.1) is 11.3 Å². The molecule has 0 radical (unpaired) electrons. The van der Waals surface area contributed by atoms with Crippen molar-refractivity contribution in [3.8, 4) is 5.75 Å². The third kappa shape index (κ3) is 3.74. The summed E-state index contributed by atoms with van der Waals surface area (Å²) in [5.74, 6) is 0.337. The van der Waals surface area contributed by atoms with E-state index in [0.29, 0.717) is 18.0 Å². The normalized spacial score (nSPS) is 16.6. The summed E-state index contributed by atoms with van der Waals surface area (Å²) in [6.45, 7) is 7.57. The molecule has 1 unspecified atom stereocenters. The molecule has 1 fully saturated rings. The number of anilines is 1. The Morgan fingerprint density at radius 2 is 2.12 bits per heavy atom. The standard InChI is InChI=1S/C17H22N4O3S/c1-3-24-15-6-4-5-14(16(15)21(22)23)20-10-8-19(9-11-20)13(2)17-18-7-12-25-17/h4-7,12-13H,3,8-11H2,1-2H3. The lowest BCUT2D eigenvalue weighted by Crippen LogP contribution is -2.47. The summed E-state index contributed by atoms with van der Waals surface area (Å²) in [5.41, 5.74) is 0.697. The zero-order valence-corrected chi connectivity index (χ0v) is 15.2. The van der Waals surface area contributed by atoms with Gasteiger partial charge in [-0.05, 0) is 26.0 Å². The molecule has 0 aliphatic carbocycles. The van der Waals surface area contributed by atoms with Crippen LogP contribution in [0.3, 0.4) is 0 Å². The second-order valence-electron chi connectivity index (χ2n) is 5.88. The van der Waals surface area contributed by atoms with Crippen LogP contribution in [0.5, 0.6) is 5.75 Å². The molecule has 0 bridgehead atoms. The summed E-state index contributed by atoms with van der Waals surface area (Å²) in [5, 5.41) is 14.7. The van der Waals surface area contributed by atoms with Crippen LogP contribution >= 0.6 is 11.3 Å². The van der Waals surface area contributed by atoms with E-state index in [-0.39, 0.29) is 16.7 Å². The van der Waals surface area contributed by atoms with E-state index in [1.165, 1.54) is 0 Å². The monoisotopic (exact) mass is 362 g/mol. The molecule has 1 saturated heterocycles. The van der Waals surface area contributed by atoms with Gasteiger partial charge in [0.1, 0.15) is 10.7 Å². The maximum atomic E-state index is 11.6. The minimum absolute atomic E-state index is 0.0609. The summed E-state index contributed by atoms with van der Waals surface area (Å²) in [7, 11) is 0. The molecule has 8 heteroatoms. The van der Waals surface area contributed by atoms with E-state index in [1.807, 2.05) is 24.6 Å². The van der Waals surface area contributed by atoms with Crippen LogP contribution in [0.15, 0.2) is 29.8 Å². The molecule has 0 N–H and O–H groups in total. The molecule has 0 spiro atoms. The number of nitro groups is 1. The van der Waals surface area contributed by atoms with Crippen molar-refractivity contribution in [3.05, 3.63) is 44.9 Å². The fourth-order valence-corrected chi connectivity index (χ4v) is 3.90. The van der Waals surface area contributed by atoms with Crippen LogP contribution < -0.4 is 9.64 Å². The Kier molecular flexibility index (Phi) is 5.50. The Balaban J connectivity index is 1.75. The van der Waals surface area contributed by atoms with Crippen LogP contribution in [-0.4, -0.2) is 47.6 Å². The molecule has 1 aromatic heterocycles. The van der Waals surface area contributed by atoms with Gasteiger partial charge < -0.3 is 9.64 Å². The first kappa shape index (κ1) is 17.6. The molecule has 2 heterocycles. The van der Waals surface area contributed by atoms with Crippen LogP contribution in [-0.2, 0) is 0 Å². The molecular weight excluding hydrogens is 340 g/mol. The van der Waals surface area contributed by atoms with Gasteiger partial charge in [0.15, 0.2) is 5.75 Å². The van der Waals surface area contributed by atoms with E-state index in [4.69, 9.17) is 4.74 Å². The molecule has 25 heavy (non-hydrogen) atoms. The first-order chi connectivity index (χ1) is 12.1. The number of piperazine rings is 1. The summed E-state index contributed by atoms with van der Waals surface area (Å²) in [4.78, 5) is 20.1. The minimum Gasteiger partial charge on any atom is -0.487 e. The SMILES string of the molecule is CCOc1cccc(N2CCN(C(C)c3nccs3)CC2)c1[N+](=O)[O-]. The van der Waals surface area contributed by atoms with Crippen molar-refractivity contribution in [2.75, 3.05) is 37.7 Å². The van der Waals surface area contributed by atoms with Crippen molar-refractivity contribution < 1.29 is 9.66 Å². The topological polar surface area (TPSA) is 71.7 Å². The second kappa shape index (κ2) is 7.79. The van der Waals surface area contributed by atoms with E-state index in [9.17, 15) is 10.1 Å². The Morgan fingerprint density at radius 1 is 1.36 bits per heavy atom. The molecule has 1 aliphatic heterocycles. The number of thiazole rings is 1. The zero-order valence-electron chi connectivity index (χ0n) is 14.4. The summed E-state index contributed by atoms with van der Waals surface area (Å²) < 4.78 is 5.45. The lowest BCUT2D eigenvalue weighted by molar-refractivity contribution is -0.385. The predicted octanol–water partition coefficient (Wildman–Crippen LogP) is 3.33. The van der Waals surface area contributed by atoms with E-state index >= 15 is 0 Å². The number of nitro benzene ring substituents is 1. The fraction of sp³-hybridized carbons (Fsp3) is 0.471. The Hall–Kier alpha value is -2.19. The first-order valence-corrected chi connectivity index (χ1v) is 9.28. The third-order valence-electron chi connectivity index (χ3n) is 4.47. The predicted molar refractivity (Wildman–Crippen MR) is 98.6 cm³/mol. The lowest BCUT2D eigenvalue weighted by atomic mass is 10.2.